The number of hydrogen-bond acceptors (Lipinski definition) is 10. The van der Waals surface area contributed by atoms with Crippen LogP contribution in [-0.2, 0) is 28.7 Å². The van der Waals surface area contributed by atoms with Gasteiger partial charge >= 0.3 is 124 Å². The molecule has 0 heterocycles. The van der Waals surface area contributed by atoms with Crippen LogP contribution in [0.4, 0.5) is 0 Å². The van der Waals surface area contributed by atoms with E-state index in [9.17, 15) is 44.4 Å². The van der Waals surface area contributed by atoms with Crippen LogP contribution in [0, 0.1) is 0 Å². The van der Waals surface area contributed by atoms with Crippen LogP contribution < -0.4 is 139 Å². The molecule has 0 bridgehead atoms. The van der Waals surface area contributed by atoms with Gasteiger partial charge in [-0.05, 0) is 0 Å². The summed E-state index contributed by atoms with van der Waals surface area (Å²) in [6.07, 6.45) is -4.47. The van der Waals surface area contributed by atoms with E-state index in [1.54, 1.807) is 0 Å². The molecule has 10 nitrogen and oxygen atoms in total. The van der Waals surface area contributed by atoms with E-state index in [2.05, 4.69) is 4.74 Å². The van der Waals surface area contributed by atoms with Crippen LogP contribution in [0.2, 0.25) is 0 Å². The minimum absolute atomic E-state index is 0. The molecule has 0 aliphatic heterocycles. The largest absolute Gasteiger partial charge is 1.00 e. The first-order valence-electron chi connectivity index (χ1n) is 4.62. The van der Waals surface area contributed by atoms with Crippen LogP contribution in [0.5, 0.6) is 0 Å². The van der Waals surface area contributed by atoms with Gasteiger partial charge in [0.05, 0.1) is 18.4 Å². The molecule has 0 unspecified atom stereocenters. The molecule has 0 aliphatic rings. The molecule has 14 heteroatoms. The van der Waals surface area contributed by atoms with Crippen molar-refractivity contribution < 1.29 is 167 Å². The normalized spacial score (nSPS) is 8.70. The van der Waals surface area contributed by atoms with Crippen molar-refractivity contribution in [2.45, 2.75) is 24.9 Å². The zero-order valence-corrected chi connectivity index (χ0v) is 21.2. The maximum atomic E-state index is 11.0. The molecule has 0 atom stereocenters. The molecule has 106 valence electrons. The van der Waals surface area contributed by atoms with Crippen LogP contribution in [-0.4, -0.2) is 35.4 Å². The number of carbonyl (C=O) groups is 5. The molecule has 0 spiro atoms. The molecule has 0 aromatic rings. The Hall–Kier alpha value is 1.35. The average Bonchev–Trinajstić information content (AvgIpc) is 2.12. The molecule has 0 radical (unpaired) electrons. The second-order valence-electron chi connectivity index (χ2n) is 3.40. The Bertz CT molecular complexity index is 422. The SMILES string of the molecule is O=C([O-])CC(=O)OC(CC(=O)[O-])(CC(=O)[O-])C(=O)[O-].[Na+].[Na+].[Na+].[Na+]. The molecular weight excluding hydrogens is 360 g/mol. The Balaban J connectivity index is -0.000000270. The van der Waals surface area contributed by atoms with Gasteiger partial charge in [-0.2, -0.15) is 0 Å². The van der Waals surface area contributed by atoms with Crippen molar-refractivity contribution in [2.24, 2.45) is 0 Å². The predicted molar refractivity (Wildman–Crippen MR) is 42.7 cm³/mol. The van der Waals surface area contributed by atoms with Crippen molar-refractivity contribution in [3.8, 4) is 0 Å². The van der Waals surface area contributed by atoms with E-state index in [1.165, 1.54) is 0 Å². The quantitative estimate of drug-likeness (QED) is 0.227. The van der Waals surface area contributed by atoms with E-state index in [-0.39, 0.29) is 118 Å². The Morgan fingerprint density at radius 1 is 0.696 bits per heavy atom. The van der Waals surface area contributed by atoms with E-state index in [0.29, 0.717) is 0 Å². The summed E-state index contributed by atoms with van der Waals surface area (Å²) in [7, 11) is 0. The monoisotopic (exact) mass is 366 g/mol. The third-order valence-electron chi connectivity index (χ3n) is 1.83. The van der Waals surface area contributed by atoms with E-state index in [1.807, 2.05) is 0 Å². The Kier molecular flexibility index (Phi) is 25.9. The molecule has 23 heavy (non-hydrogen) atoms. The third kappa shape index (κ3) is 15.3. The number of ether oxygens (including phenoxy) is 1. The predicted octanol–water partition coefficient (Wildman–Crippen LogP) is -18.5. The average molecular weight is 366 g/mol. The molecule has 0 saturated carbocycles. The molecule has 0 saturated heterocycles. The number of rotatable bonds is 8. The van der Waals surface area contributed by atoms with Gasteiger partial charge < -0.3 is 44.3 Å². The van der Waals surface area contributed by atoms with Gasteiger partial charge in [0, 0.05) is 24.8 Å². The summed E-state index contributed by atoms with van der Waals surface area (Å²) >= 11 is 0. The second kappa shape index (κ2) is 16.8. The van der Waals surface area contributed by atoms with E-state index >= 15 is 0 Å². The summed E-state index contributed by atoms with van der Waals surface area (Å²) in [6, 6.07) is 0. The molecule has 0 fully saturated rings. The molecule has 0 aromatic carbocycles. The van der Waals surface area contributed by atoms with Crippen molar-refractivity contribution in [2.75, 3.05) is 0 Å². The summed E-state index contributed by atoms with van der Waals surface area (Å²) in [6.45, 7) is 0. The van der Waals surface area contributed by atoms with Crippen molar-refractivity contribution in [3.05, 3.63) is 0 Å². The molecule has 0 N–H and O–H groups in total. The van der Waals surface area contributed by atoms with Crippen LogP contribution >= 0.6 is 0 Å². The summed E-state index contributed by atoms with van der Waals surface area (Å²) < 4.78 is 4.07. The van der Waals surface area contributed by atoms with Crippen molar-refractivity contribution in [3.63, 3.8) is 0 Å². The number of carbonyl (C=O) groups excluding carboxylic acids is 5. The fourth-order valence-electron chi connectivity index (χ4n) is 1.16. The first kappa shape index (κ1) is 35.5. The smallest absolute Gasteiger partial charge is 0.550 e. The molecule has 0 aromatic heterocycles. The van der Waals surface area contributed by atoms with Crippen molar-refractivity contribution in [1.29, 1.82) is 0 Å². The number of hydrogen-bond donors (Lipinski definition) is 0. The zero-order valence-electron chi connectivity index (χ0n) is 13.2. The van der Waals surface area contributed by atoms with Crippen molar-refractivity contribution >= 4 is 29.8 Å². The molecule has 0 rings (SSSR count). The van der Waals surface area contributed by atoms with Crippen molar-refractivity contribution in [1.82, 2.24) is 0 Å². The van der Waals surface area contributed by atoms with Gasteiger partial charge in [-0.3, -0.25) is 4.79 Å². The van der Waals surface area contributed by atoms with Gasteiger partial charge in [-0.1, -0.05) is 0 Å². The number of carboxylic acid groups (broad SMARTS) is 4. The minimum atomic E-state index is -3.11. The van der Waals surface area contributed by atoms with Gasteiger partial charge in [0.2, 0.25) is 0 Å². The zero-order chi connectivity index (χ0) is 15.2. The summed E-state index contributed by atoms with van der Waals surface area (Å²) in [5, 5.41) is 41.6. The number of carboxylic acids is 4. The number of esters is 1. The standard InChI is InChI=1S/C9H10O10.4Na/c10-4(11)1-7(16)19-9(8(17)18,2-5(12)13)3-6(14)15;;;;/h1-3H2,(H,10,11)(H,12,13)(H,14,15)(H,17,18);;;;/q;4*+1/p-4. The first-order valence-corrected chi connectivity index (χ1v) is 4.62. The van der Waals surface area contributed by atoms with Crippen LogP contribution in [0.1, 0.15) is 19.3 Å². The fourth-order valence-corrected chi connectivity index (χ4v) is 1.16. The van der Waals surface area contributed by atoms with Crippen LogP contribution in [0.15, 0.2) is 0 Å². The fraction of sp³-hybridized carbons (Fsp3) is 0.444. The third-order valence-corrected chi connectivity index (χ3v) is 1.83. The first-order chi connectivity index (χ1) is 8.59. The van der Waals surface area contributed by atoms with Gasteiger partial charge in [-0.15, -0.1) is 0 Å². The maximum absolute atomic E-state index is 11.0. The molecule has 0 amide bonds. The van der Waals surface area contributed by atoms with Gasteiger partial charge in [0.15, 0.2) is 5.60 Å². The van der Waals surface area contributed by atoms with Crippen LogP contribution in [0.3, 0.4) is 0 Å². The van der Waals surface area contributed by atoms with Crippen LogP contribution in [0.25, 0.3) is 0 Å². The topological polar surface area (TPSA) is 187 Å². The molecule has 0 aliphatic carbocycles. The van der Waals surface area contributed by atoms with Gasteiger partial charge in [-0.25, -0.2) is 0 Å². The van der Waals surface area contributed by atoms with E-state index < -0.39 is 54.7 Å². The second-order valence-corrected chi connectivity index (χ2v) is 3.40. The summed E-state index contributed by atoms with van der Waals surface area (Å²) in [5.74, 6) is -10.1. The summed E-state index contributed by atoms with van der Waals surface area (Å²) in [4.78, 5) is 52.6. The van der Waals surface area contributed by atoms with Gasteiger partial charge in [0.1, 0.15) is 0 Å². The number of aliphatic carboxylic acids is 4. The Morgan fingerprint density at radius 3 is 1.26 bits per heavy atom. The maximum Gasteiger partial charge on any atom is 1.00 e. The van der Waals surface area contributed by atoms with Gasteiger partial charge in [0.25, 0.3) is 0 Å². The molecular formula is C9H6Na4O10. The summed E-state index contributed by atoms with van der Waals surface area (Å²) in [5.41, 5.74) is -3.11. The Labute approximate surface area is 218 Å². The minimum Gasteiger partial charge on any atom is -0.550 e. The van der Waals surface area contributed by atoms with E-state index in [0.717, 1.165) is 0 Å². The van der Waals surface area contributed by atoms with E-state index in [4.69, 9.17) is 0 Å². The Morgan fingerprint density at radius 2 is 1.04 bits per heavy atom.